The number of ketones is 1. The third kappa shape index (κ3) is 3.16. The Hall–Kier alpha value is -1.68. The number of ether oxygens (including phenoxy) is 1. The molecule has 1 saturated carbocycles. The average Bonchev–Trinajstić information content (AvgIpc) is 2.44. The van der Waals surface area contributed by atoms with Gasteiger partial charge in [-0.05, 0) is 55.9 Å². The third-order valence-electron chi connectivity index (χ3n) is 4.39. The largest absolute Gasteiger partial charge is 0.378 e. The lowest BCUT2D eigenvalue weighted by molar-refractivity contribution is -0.116. The highest BCUT2D eigenvalue weighted by molar-refractivity contribution is 5.99. The van der Waals surface area contributed by atoms with Crippen molar-refractivity contribution in [3.05, 3.63) is 29.3 Å². The maximum atomic E-state index is 12.3. The molecule has 112 valence electrons. The minimum Gasteiger partial charge on any atom is -0.378 e. The molecular formula is C17H21NO3. The van der Waals surface area contributed by atoms with Gasteiger partial charge in [-0.25, -0.2) is 0 Å². The lowest BCUT2D eigenvalue weighted by atomic mass is 9.78. The molecule has 0 atom stereocenters. The van der Waals surface area contributed by atoms with Gasteiger partial charge in [0.25, 0.3) is 0 Å². The SMILES string of the molecule is CCOC1CC(CC(=O)c2ccc3c(c2)CCC(=O)N3)C1. The molecule has 0 saturated heterocycles. The van der Waals surface area contributed by atoms with Gasteiger partial charge in [-0.2, -0.15) is 0 Å². The van der Waals surface area contributed by atoms with Crippen LogP contribution in [-0.4, -0.2) is 24.4 Å². The van der Waals surface area contributed by atoms with E-state index < -0.39 is 0 Å². The third-order valence-corrected chi connectivity index (χ3v) is 4.39. The molecule has 2 aliphatic rings. The Labute approximate surface area is 124 Å². The number of hydrogen-bond acceptors (Lipinski definition) is 3. The van der Waals surface area contributed by atoms with Gasteiger partial charge in [0.1, 0.15) is 0 Å². The normalized spacial score (nSPS) is 24.0. The number of carbonyl (C=O) groups excluding carboxylic acids is 2. The van der Waals surface area contributed by atoms with Crippen LogP contribution in [0.5, 0.6) is 0 Å². The Morgan fingerprint density at radius 1 is 1.33 bits per heavy atom. The molecular weight excluding hydrogens is 266 g/mol. The lowest BCUT2D eigenvalue weighted by Crippen LogP contribution is -2.32. The summed E-state index contributed by atoms with van der Waals surface area (Å²) in [7, 11) is 0. The van der Waals surface area contributed by atoms with Gasteiger partial charge in [0.2, 0.25) is 5.91 Å². The van der Waals surface area contributed by atoms with E-state index in [1.807, 2.05) is 25.1 Å². The second-order valence-corrected chi connectivity index (χ2v) is 5.96. The van der Waals surface area contributed by atoms with Crippen LogP contribution >= 0.6 is 0 Å². The Balaban J connectivity index is 1.60. The topological polar surface area (TPSA) is 55.4 Å². The molecule has 4 heteroatoms. The maximum absolute atomic E-state index is 12.3. The molecule has 1 aromatic rings. The van der Waals surface area contributed by atoms with E-state index in [1.54, 1.807) is 0 Å². The molecule has 1 aliphatic heterocycles. The summed E-state index contributed by atoms with van der Waals surface area (Å²) in [6, 6.07) is 5.62. The van der Waals surface area contributed by atoms with Crippen molar-refractivity contribution in [2.75, 3.05) is 11.9 Å². The number of nitrogens with one attached hydrogen (secondary N) is 1. The zero-order chi connectivity index (χ0) is 14.8. The summed E-state index contributed by atoms with van der Waals surface area (Å²) >= 11 is 0. The van der Waals surface area contributed by atoms with Crippen molar-refractivity contribution >= 4 is 17.4 Å². The predicted molar refractivity (Wildman–Crippen MR) is 80.5 cm³/mol. The van der Waals surface area contributed by atoms with Crippen molar-refractivity contribution in [2.45, 2.75) is 45.1 Å². The molecule has 1 fully saturated rings. The number of Topliss-reactive ketones (excluding diaryl/α,β-unsaturated/α-hetero) is 1. The minimum absolute atomic E-state index is 0.0537. The molecule has 1 heterocycles. The highest BCUT2D eigenvalue weighted by Crippen LogP contribution is 2.34. The van der Waals surface area contributed by atoms with Gasteiger partial charge in [-0.1, -0.05) is 0 Å². The van der Waals surface area contributed by atoms with Gasteiger partial charge in [-0.15, -0.1) is 0 Å². The van der Waals surface area contributed by atoms with E-state index in [1.165, 1.54) is 0 Å². The van der Waals surface area contributed by atoms with Gasteiger partial charge in [-0.3, -0.25) is 9.59 Å². The Kier molecular flexibility index (Phi) is 4.06. The Morgan fingerprint density at radius 2 is 2.14 bits per heavy atom. The zero-order valence-corrected chi connectivity index (χ0v) is 12.4. The summed E-state index contributed by atoms with van der Waals surface area (Å²) in [6.45, 7) is 2.76. The summed E-state index contributed by atoms with van der Waals surface area (Å²) in [5, 5.41) is 2.84. The minimum atomic E-state index is 0.0537. The highest BCUT2D eigenvalue weighted by atomic mass is 16.5. The van der Waals surface area contributed by atoms with Crippen LogP contribution in [0, 0.1) is 5.92 Å². The van der Waals surface area contributed by atoms with Crippen LogP contribution < -0.4 is 5.32 Å². The number of aryl methyl sites for hydroxylation is 1. The maximum Gasteiger partial charge on any atom is 0.224 e. The molecule has 0 spiro atoms. The predicted octanol–water partition coefficient (Wildman–Crippen LogP) is 2.96. The van der Waals surface area contributed by atoms with Crippen molar-refractivity contribution in [1.82, 2.24) is 0 Å². The first-order valence-electron chi connectivity index (χ1n) is 7.73. The fourth-order valence-corrected chi connectivity index (χ4v) is 3.15. The van der Waals surface area contributed by atoms with Gasteiger partial charge in [0.15, 0.2) is 5.78 Å². The van der Waals surface area contributed by atoms with Crippen LogP contribution in [0.3, 0.4) is 0 Å². The molecule has 1 aliphatic carbocycles. The number of hydrogen-bond donors (Lipinski definition) is 1. The van der Waals surface area contributed by atoms with E-state index in [0.717, 1.165) is 42.7 Å². The second-order valence-electron chi connectivity index (χ2n) is 5.96. The number of anilines is 1. The van der Waals surface area contributed by atoms with E-state index in [9.17, 15) is 9.59 Å². The van der Waals surface area contributed by atoms with Crippen LogP contribution in [0.2, 0.25) is 0 Å². The number of fused-ring (bicyclic) bond motifs is 1. The van der Waals surface area contributed by atoms with Crippen LogP contribution in [0.15, 0.2) is 18.2 Å². The molecule has 1 N–H and O–H groups in total. The number of rotatable bonds is 5. The van der Waals surface area contributed by atoms with E-state index in [4.69, 9.17) is 4.74 Å². The van der Waals surface area contributed by atoms with Gasteiger partial charge < -0.3 is 10.1 Å². The van der Waals surface area contributed by atoms with E-state index in [-0.39, 0.29) is 11.7 Å². The first kappa shape index (κ1) is 14.3. The van der Waals surface area contributed by atoms with Gasteiger partial charge in [0.05, 0.1) is 6.10 Å². The Bertz CT molecular complexity index is 561. The van der Waals surface area contributed by atoms with Gasteiger partial charge >= 0.3 is 0 Å². The molecule has 21 heavy (non-hydrogen) atoms. The highest BCUT2D eigenvalue weighted by Gasteiger charge is 2.31. The van der Waals surface area contributed by atoms with Crippen LogP contribution in [0.4, 0.5) is 5.69 Å². The van der Waals surface area contributed by atoms with Crippen molar-refractivity contribution < 1.29 is 14.3 Å². The number of benzene rings is 1. The van der Waals surface area contributed by atoms with Crippen molar-refractivity contribution in [1.29, 1.82) is 0 Å². The first-order chi connectivity index (χ1) is 10.2. The standard InChI is InChI=1S/C17H21NO3/c1-2-21-14-7-11(8-14)9-16(19)13-3-5-15-12(10-13)4-6-17(20)18-15/h3,5,10-11,14H,2,4,6-9H2,1H3,(H,18,20). The average molecular weight is 287 g/mol. The second kappa shape index (κ2) is 5.98. The van der Waals surface area contributed by atoms with Crippen LogP contribution in [0.1, 0.15) is 48.5 Å². The summed E-state index contributed by atoms with van der Waals surface area (Å²) in [6.07, 6.45) is 4.18. The van der Waals surface area contributed by atoms with Crippen molar-refractivity contribution in [3.8, 4) is 0 Å². The summed E-state index contributed by atoms with van der Waals surface area (Å²) in [4.78, 5) is 23.7. The molecule has 3 rings (SSSR count). The molecule has 0 bridgehead atoms. The zero-order valence-electron chi connectivity index (χ0n) is 12.4. The monoisotopic (exact) mass is 287 g/mol. The summed E-state index contributed by atoms with van der Waals surface area (Å²) in [5.41, 5.74) is 2.69. The van der Waals surface area contributed by atoms with E-state index >= 15 is 0 Å². The summed E-state index contributed by atoms with van der Waals surface area (Å²) in [5.74, 6) is 0.720. The molecule has 0 aromatic heterocycles. The molecule has 0 unspecified atom stereocenters. The molecule has 4 nitrogen and oxygen atoms in total. The smallest absolute Gasteiger partial charge is 0.224 e. The van der Waals surface area contributed by atoms with E-state index in [2.05, 4.69) is 5.32 Å². The number of carbonyl (C=O) groups is 2. The fraction of sp³-hybridized carbons (Fsp3) is 0.529. The quantitative estimate of drug-likeness (QED) is 0.847. The lowest BCUT2D eigenvalue weighted by Gasteiger charge is -2.34. The van der Waals surface area contributed by atoms with Crippen molar-refractivity contribution in [2.24, 2.45) is 5.92 Å². The Morgan fingerprint density at radius 3 is 2.90 bits per heavy atom. The van der Waals surface area contributed by atoms with Crippen LogP contribution in [-0.2, 0) is 16.0 Å². The van der Waals surface area contributed by atoms with E-state index in [0.29, 0.717) is 24.9 Å². The summed E-state index contributed by atoms with van der Waals surface area (Å²) < 4.78 is 5.53. The van der Waals surface area contributed by atoms with Crippen LogP contribution in [0.25, 0.3) is 0 Å². The fourth-order valence-electron chi connectivity index (χ4n) is 3.15. The number of amides is 1. The van der Waals surface area contributed by atoms with Crippen molar-refractivity contribution in [3.63, 3.8) is 0 Å². The van der Waals surface area contributed by atoms with Gasteiger partial charge in [0, 0.05) is 30.7 Å². The first-order valence-corrected chi connectivity index (χ1v) is 7.73. The molecule has 1 aromatic carbocycles. The molecule has 0 radical (unpaired) electrons. The molecule has 1 amide bonds.